The maximum atomic E-state index is 11.2. The topological polar surface area (TPSA) is 54.0 Å². The number of hydrogen-bond acceptors (Lipinski definition) is 5. The zero-order chi connectivity index (χ0) is 15.7. The van der Waals surface area contributed by atoms with E-state index in [1.807, 2.05) is 33.8 Å². The van der Waals surface area contributed by atoms with Crippen LogP contribution in [0.15, 0.2) is 18.2 Å². The van der Waals surface area contributed by atoms with Gasteiger partial charge in [-0.3, -0.25) is 4.79 Å². The van der Waals surface area contributed by atoms with Crippen LogP contribution in [0.4, 0.5) is 0 Å². The minimum atomic E-state index is -0.582. The first-order chi connectivity index (χ1) is 9.82. The predicted octanol–water partition coefficient (Wildman–Crippen LogP) is 1.78. The molecule has 0 atom stereocenters. The Morgan fingerprint density at radius 1 is 1.19 bits per heavy atom. The summed E-state index contributed by atoms with van der Waals surface area (Å²) in [7, 11) is 0.944. The number of hydrogen-bond donors (Lipinski definition) is 0. The molecule has 0 amide bonds. The molecule has 1 aromatic carbocycles. The highest BCUT2D eigenvalue weighted by Gasteiger charge is 2.52. The third-order valence-corrected chi connectivity index (χ3v) is 4.03. The summed E-state index contributed by atoms with van der Waals surface area (Å²) < 4.78 is 22.5. The van der Waals surface area contributed by atoms with E-state index in [9.17, 15) is 4.79 Å². The summed E-state index contributed by atoms with van der Waals surface area (Å²) in [6, 6.07) is 5.30. The molecule has 1 fully saturated rings. The number of benzene rings is 1. The van der Waals surface area contributed by atoms with Gasteiger partial charge in [-0.15, -0.1) is 0 Å². The molecule has 0 aliphatic carbocycles. The first-order valence-corrected chi connectivity index (χ1v) is 6.88. The standard InChI is InChI=1S/C15H21BO5/c1-14(2)15(3,4)21-16(20-14)12-8-6-7-11(9-17)13(12)19-10-18-5/h6-9H,10H2,1-5H3. The number of para-hydroxylation sites is 1. The molecule has 2 rings (SSSR count). The minimum absolute atomic E-state index is 0.0529. The van der Waals surface area contributed by atoms with E-state index >= 15 is 0 Å². The first kappa shape index (κ1) is 16.0. The van der Waals surface area contributed by atoms with Crippen LogP contribution < -0.4 is 10.2 Å². The van der Waals surface area contributed by atoms with Crippen molar-refractivity contribution in [3.63, 3.8) is 0 Å². The Morgan fingerprint density at radius 2 is 1.81 bits per heavy atom. The molecule has 0 radical (unpaired) electrons. The fourth-order valence-corrected chi connectivity index (χ4v) is 2.11. The van der Waals surface area contributed by atoms with Gasteiger partial charge in [0, 0.05) is 12.6 Å². The van der Waals surface area contributed by atoms with Gasteiger partial charge in [0.2, 0.25) is 0 Å². The SMILES string of the molecule is COCOc1c(C=O)cccc1B1OC(C)(C)C(C)(C)O1. The molecule has 1 saturated heterocycles. The first-order valence-electron chi connectivity index (χ1n) is 6.88. The predicted molar refractivity (Wildman–Crippen MR) is 80.0 cm³/mol. The number of methoxy groups -OCH3 is 1. The average molecular weight is 292 g/mol. The second kappa shape index (κ2) is 5.79. The molecule has 5 nitrogen and oxygen atoms in total. The van der Waals surface area contributed by atoms with Gasteiger partial charge in [-0.2, -0.15) is 0 Å². The van der Waals surface area contributed by atoms with Gasteiger partial charge >= 0.3 is 7.12 Å². The summed E-state index contributed by atoms with van der Waals surface area (Å²) in [4.78, 5) is 11.2. The van der Waals surface area contributed by atoms with E-state index < -0.39 is 18.3 Å². The van der Waals surface area contributed by atoms with Crippen molar-refractivity contribution in [2.75, 3.05) is 13.9 Å². The lowest BCUT2D eigenvalue weighted by Crippen LogP contribution is -2.41. The summed E-state index contributed by atoms with van der Waals surface area (Å²) >= 11 is 0. The molecule has 0 spiro atoms. The largest absolute Gasteiger partial charge is 0.498 e. The Morgan fingerprint density at radius 3 is 2.33 bits per heavy atom. The van der Waals surface area contributed by atoms with Crippen molar-refractivity contribution in [1.82, 2.24) is 0 Å². The van der Waals surface area contributed by atoms with Crippen LogP contribution in [0.5, 0.6) is 5.75 Å². The van der Waals surface area contributed by atoms with Crippen LogP contribution in [0.1, 0.15) is 38.1 Å². The Labute approximate surface area is 125 Å². The molecule has 1 heterocycles. The van der Waals surface area contributed by atoms with Gasteiger partial charge in [0.25, 0.3) is 0 Å². The van der Waals surface area contributed by atoms with Gasteiger partial charge in [0.1, 0.15) is 5.75 Å². The second-order valence-corrected chi connectivity index (χ2v) is 6.02. The average Bonchev–Trinajstić information content (AvgIpc) is 2.64. The molecule has 0 saturated carbocycles. The van der Waals surface area contributed by atoms with E-state index in [0.717, 1.165) is 6.29 Å². The van der Waals surface area contributed by atoms with Crippen molar-refractivity contribution in [1.29, 1.82) is 0 Å². The van der Waals surface area contributed by atoms with Crippen LogP contribution in [0.25, 0.3) is 0 Å². The Bertz CT molecular complexity index is 511. The third-order valence-electron chi connectivity index (χ3n) is 4.03. The zero-order valence-corrected chi connectivity index (χ0v) is 13.1. The monoisotopic (exact) mass is 292 g/mol. The lowest BCUT2D eigenvalue weighted by molar-refractivity contribution is 0.00578. The second-order valence-electron chi connectivity index (χ2n) is 6.02. The van der Waals surface area contributed by atoms with Gasteiger partial charge in [-0.25, -0.2) is 0 Å². The van der Waals surface area contributed by atoms with Crippen LogP contribution >= 0.6 is 0 Å². The maximum Gasteiger partial charge on any atom is 0.498 e. The van der Waals surface area contributed by atoms with Gasteiger partial charge < -0.3 is 18.8 Å². The smallest absolute Gasteiger partial charge is 0.467 e. The van der Waals surface area contributed by atoms with E-state index in [1.54, 1.807) is 12.1 Å². The number of ether oxygens (including phenoxy) is 2. The van der Waals surface area contributed by atoms with Crippen LogP contribution in [0, 0.1) is 0 Å². The van der Waals surface area contributed by atoms with E-state index in [1.165, 1.54) is 7.11 Å². The minimum Gasteiger partial charge on any atom is -0.467 e. The van der Waals surface area contributed by atoms with Crippen LogP contribution in [-0.2, 0) is 14.0 Å². The van der Waals surface area contributed by atoms with E-state index in [-0.39, 0.29) is 6.79 Å². The molecule has 0 aromatic heterocycles. The molecular weight excluding hydrogens is 271 g/mol. The van der Waals surface area contributed by atoms with E-state index in [4.69, 9.17) is 18.8 Å². The van der Waals surface area contributed by atoms with Gasteiger partial charge in [-0.05, 0) is 33.8 Å². The van der Waals surface area contributed by atoms with Gasteiger partial charge in [0.15, 0.2) is 13.1 Å². The summed E-state index contributed by atoms with van der Waals surface area (Å²) in [5, 5.41) is 0. The molecule has 0 bridgehead atoms. The normalized spacial score (nSPS) is 19.6. The number of carbonyl (C=O) groups excluding carboxylic acids is 1. The molecule has 1 aliphatic heterocycles. The summed E-state index contributed by atoms with van der Waals surface area (Å²) in [6.45, 7) is 7.97. The molecule has 0 unspecified atom stereocenters. The number of aldehydes is 1. The highest BCUT2D eigenvalue weighted by molar-refractivity contribution is 6.63. The Balaban J connectivity index is 2.38. The maximum absolute atomic E-state index is 11.2. The van der Waals surface area contributed by atoms with Crippen LogP contribution in [0.2, 0.25) is 0 Å². The summed E-state index contributed by atoms with van der Waals surface area (Å²) in [5.74, 6) is 0.438. The van der Waals surface area contributed by atoms with E-state index in [2.05, 4.69) is 0 Å². The number of rotatable bonds is 5. The molecule has 6 heteroatoms. The van der Waals surface area contributed by atoms with Gasteiger partial charge in [-0.1, -0.05) is 12.1 Å². The molecule has 1 aromatic rings. The van der Waals surface area contributed by atoms with Crippen molar-refractivity contribution in [3.05, 3.63) is 23.8 Å². The molecular formula is C15H21BO5. The highest BCUT2D eigenvalue weighted by Crippen LogP contribution is 2.37. The fraction of sp³-hybridized carbons (Fsp3) is 0.533. The van der Waals surface area contributed by atoms with Crippen molar-refractivity contribution >= 4 is 18.9 Å². The molecule has 1 aliphatic rings. The summed E-state index contributed by atoms with van der Waals surface area (Å²) in [6.07, 6.45) is 0.750. The molecule has 114 valence electrons. The van der Waals surface area contributed by atoms with Crippen molar-refractivity contribution in [3.8, 4) is 5.75 Å². The molecule has 0 N–H and O–H groups in total. The third kappa shape index (κ3) is 2.97. The Hall–Kier alpha value is -1.37. The quantitative estimate of drug-likeness (QED) is 0.470. The zero-order valence-electron chi connectivity index (χ0n) is 13.1. The van der Waals surface area contributed by atoms with Crippen LogP contribution in [0.3, 0.4) is 0 Å². The Kier molecular flexibility index (Phi) is 4.42. The van der Waals surface area contributed by atoms with Crippen molar-refractivity contribution < 1.29 is 23.6 Å². The van der Waals surface area contributed by atoms with Crippen molar-refractivity contribution in [2.45, 2.75) is 38.9 Å². The van der Waals surface area contributed by atoms with Crippen LogP contribution in [-0.4, -0.2) is 38.5 Å². The fourth-order valence-electron chi connectivity index (χ4n) is 2.11. The van der Waals surface area contributed by atoms with Crippen molar-refractivity contribution in [2.24, 2.45) is 0 Å². The van der Waals surface area contributed by atoms with Gasteiger partial charge in [0.05, 0.1) is 16.8 Å². The lowest BCUT2D eigenvalue weighted by Gasteiger charge is -2.32. The highest BCUT2D eigenvalue weighted by atomic mass is 16.7. The lowest BCUT2D eigenvalue weighted by atomic mass is 9.77. The number of carbonyl (C=O) groups is 1. The van der Waals surface area contributed by atoms with E-state index in [0.29, 0.717) is 16.8 Å². The molecule has 21 heavy (non-hydrogen) atoms. The summed E-state index contributed by atoms with van der Waals surface area (Å²) in [5.41, 5.74) is 0.232.